The van der Waals surface area contributed by atoms with Crippen LogP contribution < -0.4 is 0 Å². The molecule has 0 bridgehead atoms. The quantitative estimate of drug-likeness (QED) is 0.764. The Morgan fingerprint density at radius 2 is 1.76 bits per heavy atom. The summed E-state index contributed by atoms with van der Waals surface area (Å²) in [6, 6.07) is 7.53. The van der Waals surface area contributed by atoms with Crippen LogP contribution >= 0.6 is 23.2 Å². The van der Waals surface area contributed by atoms with Crippen molar-refractivity contribution in [2.24, 2.45) is 4.99 Å². The van der Waals surface area contributed by atoms with Crippen LogP contribution in [0.15, 0.2) is 41.5 Å². The summed E-state index contributed by atoms with van der Waals surface area (Å²) in [5, 5.41) is 0.474. The number of benzene rings is 1. The summed E-state index contributed by atoms with van der Waals surface area (Å²) < 4.78 is 37.7. The highest BCUT2D eigenvalue weighted by Gasteiger charge is 2.37. The molecule has 1 aliphatic rings. The van der Waals surface area contributed by atoms with E-state index in [2.05, 4.69) is 9.98 Å². The normalized spacial score (nSPS) is 17.6. The highest BCUT2D eigenvalue weighted by atomic mass is 35.5. The molecule has 1 aromatic heterocycles. The van der Waals surface area contributed by atoms with Gasteiger partial charge in [0.15, 0.2) is 0 Å². The van der Waals surface area contributed by atoms with Gasteiger partial charge in [-0.2, -0.15) is 13.2 Å². The second-order valence-corrected chi connectivity index (χ2v) is 5.30. The van der Waals surface area contributed by atoms with Gasteiger partial charge in [0.1, 0.15) is 6.04 Å². The fraction of sp³-hybridized carbons (Fsp3) is 0.143. The molecule has 7 heteroatoms. The first-order valence-corrected chi connectivity index (χ1v) is 6.69. The van der Waals surface area contributed by atoms with Gasteiger partial charge < -0.3 is 0 Å². The number of aliphatic imine (C=N–C) groups is 1. The maximum absolute atomic E-state index is 12.6. The van der Waals surface area contributed by atoms with Crippen LogP contribution in [0.4, 0.5) is 13.2 Å². The highest BCUT2D eigenvalue weighted by Crippen LogP contribution is 2.40. The molecule has 0 spiro atoms. The molecule has 1 aliphatic heterocycles. The van der Waals surface area contributed by atoms with E-state index in [1.54, 1.807) is 24.3 Å². The van der Waals surface area contributed by atoms with Crippen molar-refractivity contribution in [1.82, 2.24) is 4.98 Å². The predicted molar refractivity (Wildman–Crippen MR) is 75.0 cm³/mol. The van der Waals surface area contributed by atoms with Gasteiger partial charge in [-0.3, -0.25) is 9.98 Å². The van der Waals surface area contributed by atoms with E-state index in [9.17, 15) is 13.2 Å². The summed E-state index contributed by atoms with van der Waals surface area (Å²) in [6.07, 6.45) is -3.70. The lowest BCUT2D eigenvalue weighted by molar-refractivity contribution is -0.137. The van der Waals surface area contributed by atoms with E-state index >= 15 is 0 Å². The van der Waals surface area contributed by atoms with E-state index in [1.165, 1.54) is 0 Å². The van der Waals surface area contributed by atoms with E-state index in [4.69, 9.17) is 23.2 Å². The molecule has 1 aromatic carbocycles. The van der Waals surface area contributed by atoms with Crippen LogP contribution in [0.3, 0.4) is 0 Å². The summed E-state index contributed by atoms with van der Waals surface area (Å²) in [4.78, 5) is 8.02. The highest BCUT2D eigenvalue weighted by molar-refractivity contribution is 6.36. The maximum Gasteiger partial charge on any atom is 0.417 e. The lowest BCUT2D eigenvalue weighted by Gasteiger charge is -2.08. The minimum absolute atomic E-state index is 0.0550. The van der Waals surface area contributed by atoms with Crippen LogP contribution in [0.1, 0.15) is 22.9 Å². The summed E-state index contributed by atoms with van der Waals surface area (Å²) in [5.74, 6) is 0. The van der Waals surface area contributed by atoms with Crippen molar-refractivity contribution in [2.45, 2.75) is 12.2 Å². The van der Waals surface area contributed by atoms with Crippen molar-refractivity contribution in [2.75, 3.05) is 0 Å². The molecule has 1 atom stereocenters. The van der Waals surface area contributed by atoms with Gasteiger partial charge >= 0.3 is 6.18 Å². The second-order valence-electron chi connectivity index (χ2n) is 4.49. The van der Waals surface area contributed by atoms with Crippen LogP contribution in [-0.2, 0) is 6.18 Å². The zero-order valence-corrected chi connectivity index (χ0v) is 11.8. The minimum atomic E-state index is -4.47. The molecule has 3 rings (SSSR count). The maximum atomic E-state index is 12.6. The van der Waals surface area contributed by atoms with Crippen molar-refractivity contribution in [3.8, 4) is 0 Å². The molecule has 0 saturated heterocycles. The molecule has 0 N–H and O–H groups in total. The zero-order chi connectivity index (χ0) is 15.2. The van der Waals surface area contributed by atoms with Gasteiger partial charge in [0, 0.05) is 16.8 Å². The first-order valence-electron chi connectivity index (χ1n) is 5.93. The van der Waals surface area contributed by atoms with Gasteiger partial charge in [-0.25, -0.2) is 0 Å². The van der Waals surface area contributed by atoms with Crippen molar-refractivity contribution < 1.29 is 13.2 Å². The number of rotatable bonds is 2. The van der Waals surface area contributed by atoms with Gasteiger partial charge in [-0.1, -0.05) is 41.4 Å². The van der Waals surface area contributed by atoms with Crippen LogP contribution in [-0.4, -0.2) is 10.7 Å². The Balaban J connectivity index is 1.87. The molecule has 2 nitrogen and oxygen atoms in total. The number of nitrogens with zero attached hydrogens (tertiary/aromatic N) is 2. The molecule has 0 fully saturated rings. The van der Waals surface area contributed by atoms with Crippen LogP contribution in [0.25, 0.3) is 0 Å². The Morgan fingerprint density at radius 3 is 2.38 bits per heavy atom. The third-order valence-electron chi connectivity index (χ3n) is 3.07. The summed E-state index contributed by atoms with van der Waals surface area (Å²) in [6.45, 7) is 0. The van der Waals surface area contributed by atoms with Crippen molar-refractivity contribution in [1.29, 1.82) is 0 Å². The number of hydrogen-bond acceptors (Lipinski definition) is 2. The topological polar surface area (TPSA) is 25.2 Å². The fourth-order valence-electron chi connectivity index (χ4n) is 1.98. The van der Waals surface area contributed by atoms with E-state index in [0.29, 0.717) is 16.4 Å². The monoisotopic (exact) mass is 330 g/mol. The molecule has 0 saturated carbocycles. The van der Waals surface area contributed by atoms with E-state index in [0.717, 1.165) is 17.8 Å². The molecular formula is C14H7Cl2F3N2. The van der Waals surface area contributed by atoms with Crippen LogP contribution in [0.2, 0.25) is 10.0 Å². The van der Waals surface area contributed by atoms with Gasteiger partial charge in [0.05, 0.1) is 22.0 Å². The van der Waals surface area contributed by atoms with Crippen LogP contribution in [0, 0.1) is 0 Å². The van der Waals surface area contributed by atoms with E-state index in [-0.39, 0.29) is 5.02 Å². The van der Waals surface area contributed by atoms with Crippen molar-refractivity contribution in [3.05, 3.63) is 63.4 Å². The number of alkyl halides is 3. The summed E-state index contributed by atoms with van der Waals surface area (Å²) in [5.41, 5.74) is 0.840. The van der Waals surface area contributed by atoms with Gasteiger partial charge in [0.2, 0.25) is 0 Å². The molecule has 0 amide bonds. The Hall–Kier alpha value is -1.59. The molecule has 21 heavy (non-hydrogen) atoms. The Bertz CT molecular complexity index is 741. The molecule has 108 valence electrons. The number of halogens is 5. The van der Waals surface area contributed by atoms with Gasteiger partial charge in [-0.05, 0) is 12.1 Å². The standard InChI is InChI=1S/C14H7Cl2F3N2/c15-9-4-2-1-3-8(9)11-13(21-11)12-10(16)5-7(6-20-12)14(17,18)19/h1-6,13H. The lowest BCUT2D eigenvalue weighted by atomic mass is 10.1. The second kappa shape index (κ2) is 5.00. The summed E-state index contributed by atoms with van der Waals surface area (Å²) in [7, 11) is 0. The Kier molecular flexibility index (Phi) is 3.42. The predicted octanol–water partition coefficient (Wildman–Crippen LogP) is 4.95. The van der Waals surface area contributed by atoms with Gasteiger partial charge in [0.25, 0.3) is 0 Å². The summed E-state index contributed by atoms with van der Waals surface area (Å²) >= 11 is 11.9. The van der Waals surface area contributed by atoms with Crippen molar-refractivity contribution in [3.63, 3.8) is 0 Å². The average molecular weight is 331 g/mol. The number of pyridine rings is 1. The molecule has 2 aromatic rings. The molecule has 0 radical (unpaired) electrons. The largest absolute Gasteiger partial charge is 0.417 e. The lowest BCUT2D eigenvalue weighted by Crippen LogP contribution is -2.07. The third kappa shape index (κ3) is 2.76. The zero-order valence-electron chi connectivity index (χ0n) is 10.3. The van der Waals surface area contributed by atoms with Crippen molar-refractivity contribution >= 4 is 28.9 Å². The van der Waals surface area contributed by atoms with Crippen LogP contribution in [0.5, 0.6) is 0 Å². The number of aromatic nitrogens is 1. The molecule has 2 heterocycles. The SMILES string of the molecule is FC(F)(F)c1cnc(C2N=C2c2ccccc2Cl)c(Cl)c1. The number of hydrogen-bond donors (Lipinski definition) is 0. The minimum Gasteiger partial charge on any atom is -0.270 e. The Labute approximate surface area is 128 Å². The smallest absolute Gasteiger partial charge is 0.270 e. The van der Waals surface area contributed by atoms with E-state index < -0.39 is 17.8 Å². The third-order valence-corrected chi connectivity index (χ3v) is 3.70. The van der Waals surface area contributed by atoms with Gasteiger partial charge in [-0.15, -0.1) is 0 Å². The first-order chi connectivity index (χ1) is 9.88. The average Bonchev–Trinajstić information content (AvgIpc) is 3.18. The Morgan fingerprint density at radius 1 is 1.05 bits per heavy atom. The molecule has 1 unspecified atom stereocenters. The fourth-order valence-corrected chi connectivity index (χ4v) is 2.49. The van der Waals surface area contributed by atoms with E-state index in [1.807, 2.05) is 0 Å². The molecule has 0 aliphatic carbocycles. The molecular weight excluding hydrogens is 324 g/mol. The first kappa shape index (κ1) is 14.4.